The molecule has 2 aromatic carbocycles. The molecule has 0 fully saturated rings. The van der Waals surface area contributed by atoms with E-state index in [2.05, 4.69) is 10.6 Å². The molecule has 2 N–H and O–H groups in total. The highest BCUT2D eigenvalue weighted by Gasteiger charge is 2.30. The molecular weight excluding hydrogens is 334 g/mol. The first-order chi connectivity index (χ1) is 12.6. The molecule has 0 bridgehead atoms. The summed E-state index contributed by atoms with van der Waals surface area (Å²) in [6.45, 7) is 0.396. The number of hydrogen-bond acceptors (Lipinski definition) is 5. The third-order valence-corrected chi connectivity index (χ3v) is 4.09. The van der Waals surface area contributed by atoms with Crippen molar-refractivity contribution >= 4 is 23.2 Å². The molecule has 1 unspecified atom stereocenters. The van der Waals surface area contributed by atoms with E-state index in [0.717, 1.165) is 5.69 Å². The summed E-state index contributed by atoms with van der Waals surface area (Å²) in [6, 6.07) is 14.5. The molecule has 26 heavy (non-hydrogen) atoms. The Labute approximate surface area is 151 Å². The molecule has 0 aliphatic carbocycles. The molecule has 1 heterocycles. The number of carbonyl (C=O) groups is 2. The molecule has 1 aliphatic heterocycles. The van der Waals surface area contributed by atoms with E-state index in [1.807, 2.05) is 29.2 Å². The molecule has 0 saturated carbocycles. The van der Waals surface area contributed by atoms with Crippen molar-refractivity contribution in [3.8, 4) is 11.5 Å². The largest absolute Gasteiger partial charge is 0.497 e. The van der Waals surface area contributed by atoms with Gasteiger partial charge in [0, 0.05) is 18.8 Å². The summed E-state index contributed by atoms with van der Waals surface area (Å²) in [4.78, 5) is 26.3. The molecular formula is C19H21N3O4. The van der Waals surface area contributed by atoms with Crippen LogP contribution in [0.5, 0.6) is 11.5 Å². The van der Waals surface area contributed by atoms with E-state index in [1.54, 1.807) is 38.4 Å². The Kier molecular flexibility index (Phi) is 5.26. The lowest BCUT2D eigenvalue weighted by molar-refractivity contribution is -0.127. The average molecular weight is 355 g/mol. The highest BCUT2D eigenvalue weighted by Crippen LogP contribution is 2.33. The van der Waals surface area contributed by atoms with Crippen LogP contribution < -0.4 is 25.0 Å². The number of fused-ring (bicyclic) bond motifs is 1. The van der Waals surface area contributed by atoms with Crippen LogP contribution in [0.15, 0.2) is 48.5 Å². The van der Waals surface area contributed by atoms with Crippen LogP contribution >= 0.6 is 0 Å². The van der Waals surface area contributed by atoms with E-state index in [4.69, 9.17) is 9.47 Å². The van der Waals surface area contributed by atoms with Crippen molar-refractivity contribution in [1.29, 1.82) is 0 Å². The highest BCUT2D eigenvalue weighted by atomic mass is 16.5. The summed E-state index contributed by atoms with van der Waals surface area (Å²) < 4.78 is 10.9. The quantitative estimate of drug-likeness (QED) is 0.852. The maximum atomic E-state index is 12.5. The van der Waals surface area contributed by atoms with Gasteiger partial charge in [-0.1, -0.05) is 18.2 Å². The number of benzene rings is 2. The van der Waals surface area contributed by atoms with Gasteiger partial charge in [0.05, 0.1) is 25.9 Å². The van der Waals surface area contributed by atoms with Gasteiger partial charge in [-0.15, -0.1) is 0 Å². The van der Waals surface area contributed by atoms with Gasteiger partial charge in [0.15, 0.2) is 6.10 Å². The van der Waals surface area contributed by atoms with Gasteiger partial charge in [-0.25, -0.2) is 0 Å². The molecule has 1 atom stereocenters. The minimum atomic E-state index is -0.667. The number of nitrogens with zero attached hydrogens (tertiary/aromatic N) is 1. The summed E-state index contributed by atoms with van der Waals surface area (Å²) in [5, 5.41) is 5.44. The zero-order chi connectivity index (χ0) is 18.5. The highest BCUT2D eigenvalue weighted by molar-refractivity contribution is 5.95. The van der Waals surface area contributed by atoms with Crippen LogP contribution in [0.3, 0.4) is 0 Å². The van der Waals surface area contributed by atoms with Crippen LogP contribution in [0.4, 0.5) is 11.4 Å². The van der Waals surface area contributed by atoms with Crippen LogP contribution in [0.2, 0.25) is 0 Å². The summed E-state index contributed by atoms with van der Waals surface area (Å²) >= 11 is 0. The number of likely N-dealkylation sites (N-methyl/N-ethyl adjacent to an activating group) is 1. The maximum absolute atomic E-state index is 12.5. The van der Waals surface area contributed by atoms with E-state index in [-0.39, 0.29) is 18.4 Å². The molecule has 136 valence electrons. The molecule has 0 saturated heterocycles. The molecule has 7 heteroatoms. The third kappa shape index (κ3) is 3.88. The first-order valence-corrected chi connectivity index (χ1v) is 8.27. The molecule has 2 amide bonds. The predicted molar refractivity (Wildman–Crippen MR) is 98.8 cm³/mol. The lowest BCUT2D eigenvalue weighted by Crippen LogP contribution is -2.50. The SMILES string of the molecule is CNC(=O)C1CN(CC(=O)Nc2cccc(OC)c2)c2ccccc2O1. The van der Waals surface area contributed by atoms with Crippen LogP contribution in [0.25, 0.3) is 0 Å². The van der Waals surface area contributed by atoms with Crippen LogP contribution in [-0.4, -0.2) is 45.2 Å². The first-order valence-electron chi connectivity index (χ1n) is 8.27. The Morgan fingerprint density at radius 2 is 2.04 bits per heavy atom. The third-order valence-electron chi connectivity index (χ3n) is 4.09. The number of ether oxygens (including phenoxy) is 2. The van der Waals surface area contributed by atoms with Crippen LogP contribution in [-0.2, 0) is 9.59 Å². The fraction of sp³-hybridized carbons (Fsp3) is 0.263. The minimum Gasteiger partial charge on any atom is -0.497 e. The molecule has 0 aromatic heterocycles. The maximum Gasteiger partial charge on any atom is 0.262 e. The van der Waals surface area contributed by atoms with E-state index in [0.29, 0.717) is 23.7 Å². The number of methoxy groups -OCH3 is 1. The van der Waals surface area contributed by atoms with Crippen LogP contribution in [0.1, 0.15) is 0 Å². The van der Waals surface area contributed by atoms with Gasteiger partial charge in [0.2, 0.25) is 5.91 Å². The van der Waals surface area contributed by atoms with Gasteiger partial charge in [-0.05, 0) is 24.3 Å². The monoisotopic (exact) mass is 355 g/mol. The second kappa shape index (κ2) is 7.77. The van der Waals surface area contributed by atoms with Crippen molar-refractivity contribution in [1.82, 2.24) is 5.32 Å². The molecule has 3 rings (SSSR count). The molecule has 1 aliphatic rings. The van der Waals surface area contributed by atoms with Gasteiger partial charge in [0.1, 0.15) is 11.5 Å². The van der Waals surface area contributed by atoms with Gasteiger partial charge >= 0.3 is 0 Å². The van der Waals surface area contributed by atoms with Crippen molar-refractivity contribution in [2.75, 3.05) is 37.5 Å². The number of carbonyl (C=O) groups excluding carboxylic acids is 2. The van der Waals surface area contributed by atoms with Crippen molar-refractivity contribution in [2.24, 2.45) is 0 Å². The smallest absolute Gasteiger partial charge is 0.262 e. The van der Waals surface area contributed by atoms with E-state index in [1.165, 1.54) is 0 Å². The van der Waals surface area contributed by atoms with Crippen molar-refractivity contribution < 1.29 is 19.1 Å². The first kappa shape index (κ1) is 17.6. The number of rotatable bonds is 5. The lowest BCUT2D eigenvalue weighted by Gasteiger charge is -2.34. The molecule has 0 spiro atoms. The number of amides is 2. The summed E-state index contributed by atoms with van der Waals surface area (Å²) in [7, 11) is 3.14. The number of anilines is 2. The van der Waals surface area contributed by atoms with Crippen molar-refractivity contribution in [3.05, 3.63) is 48.5 Å². The van der Waals surface area contributed by atoms with E-state index in [9.17, 15) is 9.59 Å². The second-order valence-electron chi connectivity index (χ2n) is 5.85. The van der Waals surface area contributed by atoms with Gasteiger partial charge < -0.3 is 25.0 Å². The number of para-hydroxylation sites is 2. The number of hydrogen-bond donors (Lipinski definition) is 2. The van der Waals surface area contributed by atoms with Gasteiger partial charge in [-0.2, -0.15) is 0 Å². The average Bonchev–Trinajstić information content (AvgIpc) is 2.67. The fourth-order valence-corrected chi connectivity index (χ4v) is 2.83. The van der Waals surface area contributed by atoms with Gasteiger partial charge in [0.25, 0.3) is 5.91 Å². The summed E-state index contributed by atoms with van der Waals surface area (Å²) in [6.07, 6.45) is -0.667. The van der Waals surface area contributed by atoms with Gasteiger partial charge in [-0.3, -0.25) is 9.59 Å². The Morgan fingerprint density at radius 1 is 1.23 bits per heavy atom. The second-order valence-corrected chi connectivity index (χ2v) is 5.85. The molecule has 7 nitrogen and oxygen atoms in total. The zero-order valence-electron chi connectivity index (χ0n) is 14.7. The Morgan fingerprint density at radius 3 is 2.81 bits per heavy atom. The standard InChI is InChI=1S/C19H21N3O4/c1-20-19(24)17-11-22(15-8-3-4-9-16(15)26-17)12-18(23)21-13-6-5-7-14(10-13)25-2/h3-10,17H,11-12H2,1-2H3,(H,20,24)(H,21,23). The summed E-state index contributed by atoms with van der Waals surface area (Å²) in [5.74, 6) is 0.837. The Balaban J connectivity index is 1.74. The minimum absolute atomic E-state index is 0.102. The number of nitrogens with one attached hydrogen (secondary N) is 2. The van der Waals surface area contributed by atoms with Crippen molar-refractivity contribution in [3.63, 3.8) is 0 Å². The molecule has 0 radical (unpaired) electrons. The normalized spacial score (nSPS) is 15.5. The zero-order valence-corrected chi connectivity index (χ0v) is 14.7. The Bertz CT molecular complexity index is 809. The van der Waals surface area contributed by atoms with Crippen molar-refractivity contribution in [2.45, 2.75) is 6.10 Å². The fourth-order valence-electron chi connectivity index (χ4n) is 2.83. The predicted octanol–water partition coefficient (Wildman–Crippen LogP) is 1.65. The van der Waals surface area contributed by atoms with E-state index < -0.39 is 6.10 Å². The summed E-state index contributed by atoms with van der Waals surface area (Å²) in [5.41, 5.74) is 1.44. The Hall–Kier alpha value is -3.22. The van der Waals surface area contributed by atoms with E-state index >= 15 is 0 Å². The van der Waals surface area contributed by atoms with Crippen LogP contribution in [0, 0.1) is 0 Å². The molecule has 2 aromatic rings. The lowest BCUT2D eigenvalue weighted by atomic mass is 10.1. The topological polar surface area (TPSA) is 79.9 Å².